The van der Waals surface area contributed by atoms with Crippen molar-refractivity contribution >= 4 is 28.2 Å². The number of fused-ring (bicyclic) bond motifs is 1. The molecule has 21 heavy (non-hydrogen) atoms. The first-order valence-corrected chi connectivity index (χ1v) is 7.32. The predicted molar refractivity (Wildman–Crippen MR) is 80.6 cm³/mol. The van der Waals surface area contributed by atoms with Gasteiger partial charge in [0.15, 0.2) is 12.3 Å². The normalized spacial score (nSPS) is 22.5. The van der Waals surface area contributed by atoms with Crippen molar-refractivity contribution in [3.05, 3.63) is 29.2 Å². The van der Waals surface area contributed by atoms with E-state index in [2.05, 4.69) is 23.8 Å². The average Bonchev–Trinajstić information content (AvgIpc) is 2.76. The maximum Gasteiger partial charge on any atom is 0.150 e. The van der Waals surface area contributed by atoms with Gasteiger partial charge in [-0.25, -0.2) is 18.7 Å². The molecule has 3 nitrogen and oxygen atoms in total. The van der Waals surface area contributed by atoms with Crippen molar-refractivity contribution in [2.24, 2.45) is 0 Å². The minimum Gasteiger partial charge on any atom is -0.350 e. The average molecular weight is 312 g/mol. The molecule has 112 valence electrons. The van der Waals surface area contributed by atoms with E-state index in [0.717, 1.165) is 16.3 Å². The SMILES string of the molecule is CC(C)c1cnc(N2C[C@H](F)[C@@H](F)C2)c2cnc(Cl)cc12. The molecule has 1 fully saturated rings. The van der Waals surface area contributed by atoms with Gasteiger partial charge in [0.05, 0.1) is 13.1 Å². The van der Waals surface area contributed by atoms with Gasteiger partial charge in [-0.2, -0.15) is 0 Å². The Hall–Kier alpha value is -1.49. The molecule has 2 aromatic rings. The van der Waals surface area contributed by atoms with E-state index >= 15 is 0 Å². The van der Waals surface area contributed by atoms with Crippen molar-refractivity contribution in [2.45, 2.75) is 32.1 Å². The zero-order chi connectivity index (χ0) is 15.1. The van der Waals surface area contributed by atoms with Gasteiger partial charge in [-0.05, 0) is 22.9 Å². The van der Waals surface area contributed by atoms with Gasteiger partial charge in [0.1, 0.15) is 11.0 Å². The Morgan fingerprint density at radius 2 is 1.81 bits per heavy atom. The molecule has 0 saturated carbocycles. The maximum atomic E-state index is 13.4. The first kappa shape index (κ1) is 14.4. The molecule has 0 N–H and O–H groups in total. The molecule has 0 radical (unpaired) electrons. The zero-order valence-electron chi connectivity index (χ0n) is 11.9. The number of pyridine rings is 2. The Labute approximate surface area is 126 Å². The highest BCUT2D eigenvalue weighted by Gasteiger charge is 2.34. The number of aromatic nitrogens is 2. The van der Waals surface area contributed by atoms with E-state index in [4.69, 9.17) is 11.6 Å². The summed E-state index contributed by atoms with van der Waals surface area (Å²) in [5.41, 5.74) is 1.05. The highest BCUT2D eigenvalue weighted by Crippen LogP contribution is 2.33. The summed E-state index contributed by atoms with van der Waals surface area (Å²) in [5.74, 6) is 0.843. The number of halogens is 3. The minimum atomic E-state index is -1.47. The van der Waals surface area contributed by atoms with Crippen LogP contribution in [-0.2, 0) is 0 Å². The largest absolute Gasteiger partial charge is 0.350 e. The van der Waals surface area contributed by atoms with E-state index in [1.54, 1.807) is 23.4 Å². The molecule has 1 saturated heterocycles. The molecule has 0 aliphatic carbocycles. The van der Waals surface area contributed by atoms with E-state index in [-0.39, 0.29) is 19.0 Å². The quantitative estimate of drug-likeness (QED) is 0.788. The summed E-state index contributed by atoms with van der Waals surface area (Å²) in [5, 5.41) is 2.12. The number of rotatable bonds is 2. The van der Waals surface area contributed by atoms with Gasteiger partial charge < -0.3 is 4.90 Å². The van der Waals surface area contributed by atoms with E-state index in [0.29, 0.717) is 11.0 Å². The van der Waals surface area contributed by atoms with Crippen LogP contribution in [0.25, 0.3) is 10.8 Å². The van der Waals surface area contributed by atoms with Crippen LogP contribution in [0.4, 0.5) is 14.6 Å². The highest BCUT2D eigenvalue weighted by molar-refractivity contribution is 6.30. The Bertz CT molecular complexity index is 667. The Balaban J connectivity index is 2.15. The summed E-state index contributed by atoms with van der Waals surface area (Å²) >= 11 is 5.99. The Kier molecular flexibility index (Phi) is 3.69. The summed E-state index contributed by atoms with van der Waals surface area (Å²) in [6, 6.07) is 1.79. The highest BCUT2D eigenvalue weighted by atomic mass is 35.5. The molecule has 3 rings (SSSR count). The second kappa shape index (κ2) is 5.37. The molecule has 1 aliphatic rings. The lowest BCUT2D eigenvalue weighted by atomic mass is 9.99. The molecule has 0 aromatic carbocycles. The predicted octanol–water partition coefficient (Wildman–Crippen LogP) is 3.90. The lowest BCUT2D eigenvalue weighted by Crippen LogP contribution is -2.22. The third-order valence-electron chi connectivity index (χ3n) is 3.85. The minimum absolute atomic E-state index is 0.0208. The van der Waals surface area contributed by atoms with Crippen LogP contribution in [0.5, 0.6) is 0 Å². The fraction of sp³-hybridized carbons (Fsp3) is 0.467. The van der Waals surface area contributed by atoms with Gasteiger partial charge in [-0.1, -0.05) is 25.4 Å². The topological polar surface area (TPSA) is 29.0 Å². The molecule has 6 heteroatoms. The van der Waals surface area contributed by atoms with Crippen LogP contribution in [-0.4, -0.2) is 35.4 Å². The van der Waals surface area contributed by atoms with Crippen molar-refractivity contribution < 1.29 is 8.78 Å². The molecule has 2 atom stereocenters. The van der Waals surface area contributed by atoms with Crippen molar-refractivity contribution in [1.29, 1.82) is 0 Å². The third-order valence-corrected chi connectivity index (χ3v) is 4.06. The van der Waals surface area contributed by atoms with Gasteiger partial charge in [-0.15, -0.1) is 0 Å². The van der Waals surface area contributed by atoms with Crippen LogP contribution in [0, 0.1) is 0 Å². The van der Waals surface area contributed by atoms with Gasteiger partial charge in [0, 0.05) is 17.8 Å². The molecular formula is C15H16ClF2N3. The monoisotopic (exact) mass is 311 g/mol. The van der Waals surface area contributed by atoms with Crippen molar-refractivity contribution in [3.63, 3.8) is 0 Å². The van der Waals surface area contributed by atoms with Crippen LogP contribution in [0.3, 0.4) is 0 Å². The number of hydrogen-bond donors (Lipinski definition) is 0. The standard InChI is InChI=1S/C15H16ClF2N3/c1-8(2)10-4-20-15(21-6-12(17)13(18)7-21)11-5-19-14(16)3-9(10)11/h3-5,8,12-13H,6-7H2,1-2H3/t12-,13-/m0/s1. The zero-order valence-corrected chi connectivity index (χ0v) is 12.6. The van der Waals surface area contributed by atoms with E-state index in [1.807, 2.05) is 0 Å². The lowest BCUT2D eigenvalue weighted by Gasteiger charge is -2.20. The van der Waals surface area contributed by atoms with Crippen LogP contribution in [0.1, 0.15) is 25.3 Å². The van der Waals surface area contributed by atoms with Crippen LogP contribution < -0.4 is 4.90 Å². The van der Waals surface area contributed by atoms with Gasteiger partial charge >= 0.3 is 0 Å². The van der Waals surface area contributed by atoms with Crippen molar-refractivity contribution in [3.8, 4) is 0 Å². The summed E-state index contributed by atoms with van der Waals surface area (Å²) in [4.78, 5) is 10.1. The summed E-state index contributed by atoms with van der Waals surface area (Å²) in [6.45, 7) is 4.17. The van der Waals surface area contributed by atoms with Gasteiger partial charge in [0.25, 0.3) is 0 Å². The number of hydrogen-bond acceptors (Lipinski definition) is 3. The molecule has 3 heterocycles. The van der Waals surface area contributed by atoms with E-state index in [9.17, 15) is 8.78 Å². The fourth-order valence-electron chi connectivity index (χ4n) is 2.73. The number of anilines is 1. The molecule has 0 amide bonds. The number of alkyl halides is 2. The second-order valence-corrected chi connectivity index (χ2v) is 6.07. The summed E-state index contributed by atoms with van der Waals surface area (Å²) in [6.07, 6.45) is 0.459. The summed E-state index contributed by atoms with van der Waals surface area (Å²) < 4.78 is 26.9. The summed E-state index contributed by atoms with van der Waals surface area (Å²) in [7, 11) is 0. The molecular weight excluding hydrogens is 296 g/mol. The first-order chi connectivity index (χ1) is 9.97. The smallest absolute Gasteiger partial charge is 0.150 e. The maximum absolute atomic E-state index is 13.4. The van der Waals surface area contributed by atoms with Gasteiger partial charge in [-0.3, -0.25) is 0 Å². The fourth-order valence-corrected chi connectivity index (χ4v) is 2.88. The van der Waals surface area contributed by atoms with Crippen LogP contribution in [0.2, 0.25) is 5.15 Å². The van der Waals surface area contributed by atoms with E-state index in [1.165, 1.54) is 0 Å². The van der Waals surface area contributed by atoms with Crippen molar-refractivity contribution in [2.75, 3.05) is 18.0 Å². The van der Waals surface area contributed by atoms with Crippen molar-refractivity contribution in [1.82, 2.24) is 9.97 Å². The molecule has 0 unspecified atom stereocenters. The molecule has 0 spiro atoms. The van der Waals surface area contributed by atoms with Crippen LogP contribution >= 0.6 is 11.6 Å². The molecule has 2 aromatic heterocycles. The van der Waals surface area contributed by atoms with E-state index < -0.39 is 12.3 Å². The molecule has 0 bridgehead atoms. The lowest BCUT2D eigenvalue weighted by molar-refractivity contribution is 0.217. The Morgan fingerprint density at radius 3 is 2.43 bits per heavy atom. The molecule has 1 aliphatic heterocycles. The second-order valence-electron chi connectivity index (χ2n) is 5.68. The Morgan fingerprint density at radius 1 is 1.14 bits per heavy atom. The third kappa shape index (κ3) is 2.55. The number of nitrogens with zero attached hydrogens (tertiary/aromatic N) is 3. The first-order valence-electron chi connectivity index (χ1n) is 6.94. The van der Waals surface area contributed by atoms with Gasteiger partial charge in [0.2, 0.25) is 0 Å². The van der Waals surface area contributed by atoms with Crippen LogP contribution in [0.15, 0.2) is 18.5 Å².